The quantitative estimate of drug-likeness (QED) is 0.448. The summed E-state index contributed by atoms with van der Waals surface area (Å²) in [5.41, 5.74) is 8.77. The molecule has 11 nitrogen and oxygen atoms in total. The Hall–Kier alpha value is -4.12. The maximum absolute atomic E-state index is 13.0. The van der Waals surface area contributed by atoms with Crippen molar-refractivity contribution in [3.63, 3.8) is 0 Å². The lowest BCUT2D eigenvalue weighted by atomic mass is 10.1. The zero-order valence-corrected chi connectivity index (χ0v) is 21.3. The van der Waals surface area contributed by atoms with Crippen LogP contribution in [0.2, 0.25) is 0 Å². The topological polar surface area (TPSA) is 143 Å². The zero-order chi connectivity index (χ0) is 27.2. The van der Waals surface area contributed by atoms with Crippen molar-refractivity contribution in [3.8, 4) is 5.75 Å². The van der Waals surface area contributed by atoms with E-state index in [1.807, 2.05) is 24.3 Å². The van der Waals surface area contributed by atoms with Crippen LogP contribution in [0.15, 0.2) is 42.5 Å². The lowest BCUT2D eigenvalue weighted by Crippen LogP contribution is -2.47. The number of rotatable bonds is 10. The van der Waals surface area contributed by atoms with E-state index in [0.29, 0.717) is 49.7 Å². The molecule has 0 saturated carbocycles. The van der Waals surface area contributed by atoms with E-state index in [9.17, 15) is 19.2 Å². The van der Waals surface area contributed by atoms with Crippen LogP contribution in [0.5, 0.6) is 5.75 Å². The summed E-state index contributed by atoms with van der Waals surface area (Å²) in [6.07, 6.45) is -0.817. The van der Waals surface area contributed by atoms with Gasteiger partial charge in [-0.15, -0.1) is 0 Å². The van der Waals surface area contributed by atoms with Gasteiger partial charge in [0.05, 0.1) is 13.7 Å². The standard InChI is InChI=1S/C27H32N4O7/c1-37-24(32)10-9-22(25(28)33)31-16-21-20(26(31)34)3-2-4-23(21)38-17-19-7-5-18(6-8-19)15-29-11-13-30(14-12-29)27(35)36/h2-8,22H,9-17H2,1H3,(H2,28,33)(H,35,36). The number of carbonyl (C=O) groups excluding carboxylic acids is 3. The third kappa shape index (κ3) is 6.23. The summed E-state index contributed by atoms with van der Waals surface area (Å²) in [6, 6.07) is 12.3. The second kappa shape index (κ2) is 12.0. The Kier molecular flexibility index (Phi) is 8.47. The number of carbonyl (C=O) groups is 4. The van der Waals surface area contributed by atoms with Crippen LogP contribution < -0.4 is 10.5 Å². The summed E-state index contributed by atoms with van der Waals surface area (Å²) in [5, 5.41) is 9.09. The largest absolute Gasteiger partial charge is 0.489 e. The van der Waals surface area contributed by atoms with Gasteiger partial charge in [0.2, 0.25) is 5.91 Å². The molecule has 2 aromatic rings. The van der Waals surface area contributed by atoms with E-state index in [4.69, 9.17) is 15.6 Å². The number of carboxylic acid groups (broad SMARTS) is 1. The highest BCUT2D eigenvalue weighted by Crippen LogP contribution is 2.33. The van der Waals surface area contributed by atoms with E-state index in [1.165, 1.54) is 16.9 Å². The average molecular weight is 525 g/mol. The van der Waals surface area contributed by atoms with E-state index in [0.717, 1.165) is 17.7 Å². The van der Waals surface area contributed by atoms with Crippen molar-refractivity contribution in [1.82, 2.24) is 14.7 Å². The second-order valence-corrected chi connectivity index (χ2v) is 9.40. The van der Waals surface area contributed by atoms with Crippen LogP contribution >= 0.6 is 0 Å². The molecule has 4 rings (SSSR count). The van der Waals surface area contributed by atoms with E-state index in [2.05, 4.69) is 9.64 Å². The number of piperazine rings is 1. The number of primary amides is 1. The number of nitrogens with two attached hydrogens (primary N) is 1. The Balaban J connectivity index is 1.35. The number of esters is 1. The number of benzene rings is 2. The summed E-state index contributed by atoms with van der Waals surface area (Å²) in [6.45, 7) is 3.62. The number of hydrogen-bond acceptors (Lipinski definition) is 7. The summed E-state index contributed by atoms with van der Waals surface area (Å²) in [4.78, 5) is 52.8. The number of ether oxygens (including phenoxy) is 2. The van der Waals surface area contributed by atoms with Gasteiger partial charge in [0.15, 0.2) is 0 Å². The Morgan fingerprint density at radius 2 is 1.71 bits per heavy atom. The minimum atomic E-state index is -0.929. The van der Waals surface area contributed by atoms with Crippen LogP contribution in [0.25, 0.3) is 0 Å². The minimum Gasteiger partial charge on any atom is -0.489 e. The molecule has 1 unspecified atom stereocenters. The summed E-state index contributed by atoms with van der Waals surface area (Å²) in [7, 11) is 1.26. The SMILES string of the molecule is COC(=O)CCC(C(N)=O)N1Cc2c(OCc3ccc(CN4CCN(C(=O)O)CC4)cc3)cccc2C1=O. The highest BCUT2D eigenvalue weighted by Gasteiger charge is 2.37. The molecule has 0 aliphatic carbocycles. The van der Waals surface area contributed by atoms with Gasteiger partial charge in [0, 0.05) is 50.3 Å². The van der Waals surface area contributed by atoms with E-state index in [-0.39, 0.29) is 25.3 Å². The maximum Gasteiger partial charge on any atom is 0.407 e. The summed E-state index contributed by atoms with van der Waals surface area (Å²) < 4.78 is 10.7. The second-order valence-electron chi connectivity index (χ2n) is 9.40. The van der Waals surface area contributed by atoms with Gasteiger partial charge in [0.25, 0.3) is 5.91 Å². The summed E-state index contributed by atoms with van der Waals surface area (Å²) in [5.74, 6) is -0.930. The molecule has 2 aromatic carbocycles. The van der Waals surface area contributed by atoms with Crippen LogP contribution in [0.3, 0.4) is 0 Å². The highest BCUT2D eigenvalue weighted by atomic mass is 16.5. The van der Waals surface area contributed by atoms with Gasteiger partial charge in [-0.1, -0.05) is 30.3 Å². The van der Waals surface area contributed by atoms with Crippen molar-refractivity contribution in [1.29, 1.82) is 0 Å². The molecule has 3 N–H and O–H groups in total. The fourth-order valence-corrected chi connectivity index (χ4v) is 4.78. The third-order valence-electron chi connectivity index (χ3n) is 6.97. The molecule has 3 amide bonds. The molecule has 11 heteroatoms. The van der Waals surface area contributed by atoms with E-state index in [1.54, 1.807) is 18.2 Å². The fraction of sp³-hybridized carbons (Fsp3) is 0.407. The number of nitrogens with zero attached hydrogens (tertiary/aromatic N) is 3. The Bertz CT molecular complexity index is 1190. The lowest BCUT2D eigenvalue weighted by molar-refractivity contribution is -0.141. The van der Waals surface area contributed by atoms with Crippen LogP contribution in [-0.2, 0) is 34.0 Å². The minimum absolute atomic E-state index is 0.0257. The van der Waals surface area contributed by atoms with Gasteiger partial charge >= 0.3 is 12.1 Å². The molecule has 1 fully saturated rings. The maximum atomic E-state index is 13.0. The van der Waals surface area contributed by atoms with E-state index >= 15 is 0 Å². The molecule has 1 saturated heterocycles. The molecule has 2 aliphatic heterocycles. The van der Waals surface area contributed by atoms with Crippen molar-refractivity contribution in [3.05, 3.63) is 64.7 Å². The predicted molar refractivity (Wildman–Crippen MR) is 136 cm³/mol. The number of amides is 3. The molecule has 38 heavy (non-hydrogen) atoms. The normalized spacial score (nSPS) is 16.2. The van der Waals surface area contributed by atoms with Crippen LogP contribution in [-0.4, -0.2) is 83.0 Å². The lowest BCUT2D eigenvalue weighted by Gasteiger charge is -2.33. The Labute approximate surface area is 220 Å². The van der Waals surface area contributed by atoms with Crippen molar-refractivity contribution < 1.29 is 33.8 Å². The Morgan fingerprint density at radius 3 is 2.34 bits per heavy atom. The molecule has 0 radical (unpaired) electrons. The molecule has 0 aromatic heterocycles. The predicted octanol–water partition coefficient (Wildman–Crippen LogP) is 1.82. The van der Waals surface area contributed by atoms with Crippen molar-refractivity contribution >= 4 is 23.9 Å². The smallest absolute Gasteiger partial charge is 0.407 e. The molecule has 2 heterocycles. The Morgan fingerprint density at radius 1 is 1.03 bits per heavy atom. The molecule has 0 bridgehead atoms. The summed E-state index contributed by atoms with van der Waals surface area (Å²) >= 11 is 0. The molecule has 1 atom stereocenters. The monoisotopic (exact) mass is 524 g/mol. The van der Waals surface area contributed by atoms with Gasteiger partial charge in [-0.05, 0) is 29.7 Å². The van der Waals surface area contributed by atoms with Crippen molar-refractivity contribution in [2.24, 2.45) is 5.73 Å². The first-order chi connectivity index (χ1) is 18.3. The number of methoxy groups -OCH3 is 1. The number of hydrogen-bond donors (Lipinski definition) is 2. The number of fused-ring (bicyclic) bond motifs is 1. The van der Waals surface area contributed by atoms with E-state index < -0.39 is 24.0 Å². The van der Waals surface area contributed by atoms with Crippen LogP contribution in [0, 0.1) is 0 Å². The van der Waals surface area contributed by atoms with Gasteiger partial charge in [0.1, 0.15) is 18.4 Å². The molecule has 0 spiro atoms. The van der Waals surface area contributed by atoms with Crippen molar-refractivity contribution in [2.45, 2.75) is 38.6 Å². The van der Waals surface area contributed by atoms with Gasteiger partial charge < -0.3 is 30.1 Å². The first-order valence-corrected chi connectivity index (χ1v) is 12.5. The van der Waals surface area contributed by atoms with Gasteiger partial charge in [-0.3, -0.25) is 19.3 Å². The highest BCUT2D eigenvalue weighted by molar-refractivity contribution is 6.01. The first-order valence-electron chi connectivity index (χ1n) is 12.5. The molecule has 2 aliphatic rings. The van der Waals surface area contributed by atoms with Crippen LogP contribution in [0.4, 0.5) is 4.79 Å². The molecular formula is C27H32N4O7. The van der Waals surface area contributed by atoms with Crippen LogP contribution in [0.1, 0.15) is 39.9 Å². The molecule has 202 valence electrons. The third-order valence-corrected chi connectivity index (χ3v) is 6.97. The fourth-order valence-electron chi connectivity index (χ4n) is 4.78. The first kappa shape index (κ1) is 26.9. The zero-order valence-electron chi connectivity index (χ0n) is 21.3. The van der Waals surface area contributed by atoms with Gasteiger partial charge in [-0.2, -0.15) is 0 Å². The van der Waals surface area contributed by atoms with Gasteiger partial charge in [-0.25, -0.2) is 4.79 Å². The molecular weight excluding hydrogens is 492 g/mol. The van der Waals surface area contributed by atoms with Crippen molar-refractivity contribution in [2.75, 3.05) is 33.3 Å². The average Bonchev–Trinajstić information content (AvgIpc) is 3.25.